The Balaban J connectivity index is 1.64. The average molecular weight is 443 g/mol. The molecule has 164 valence electrons. The minimum absolute atomic E-state index is 0.0871. The summed E-state index contributed by atoms with van der Waals surface area (Å²) in [7, 11) is 0. The van der Waals surface area contributed by atoms with E-state index < -0.39 is 0 Å². The van der Waals surface area contributed by atoms with Gasteiger partial charge < -0.3 is 9.32 Å². The molecule has 9 heteroatoms. The number of furan rings is 1. The molecule has 1 aliphatic rings. The molecule has 0 saturated carbocycles. The Morgan fingerprint density at radius 1 is 1.16 bits per heavy atom. The van der Waals surface area contributed by atoms with Gasteiger partial charge in [-0.3, -0.25) is 9.69 Å². The number of carbonyl (C=O) groups is 1. The van der Waals surface area contributed by atoms with Crippen LogP contribution in [0.1, 0.15) is 55.2 Å². The Hall–Kier alpha value is -2.71. The van der Waals surface area contributed by atoms with Crippen LogP contribution in [0.2, 0.25) is 5.02 Å². The van der Waals surface area contributed by atoms with Gasteiger partial charge in [0, 0.05) is 31.2 Å². The lowest BCUT2D eigenvalue weighted by Crippen LogP contribution is -2.50. The van der Waals surface area contributed by atoms with Gasteiger partial charge in [-0.05, 0) is 54.5 Å². The summed E-state index contributed by atoms with van der Waals surface area (Å²) < 4.78 is 7.18. The van der Waals surface area contributed by atoms with Crippen molar-refractivity contribution in [1.29, 1.82) is 0 Å². The van der Waals surface area contributed by atoms with Gasteiger partial charge >= 0.3 is 0 Å². The van der Waals surface area contributed by atoms with E-state index in [-0.39, 0.29) is 17.5 Å². The highest BCUT2D eigenvalue weighted by atomic mass is 35.5. The summed E-state index contributed by atoms with van der Waals surface area (Å²) in [5, 5.41) is 13.4. The Bertz CT molecular complexity index is 1020. The van der Waals surface area contributed by atoms with Crippen LogP contribution in [0.15, 0.2) is 47.1 Å². The van der Waals surface area contributed by atoms with Gasteiger partial charge in [-0.2, -0.15) is 0 Å². The van der Waals surface area contributed by atoms with Gasteiger partial charge in [-0.25, -0.2) is 4.68 Å². The molecule has 0 unspecified atom stereocenters. The van der Waals surface area contributed by atoms with E-state index >= 15 is 0 Å². The summed E-state index contributed by atoms with van der Waals surface area (Å²) in [6, 6.07) is 11.0. The van der Waals surface area contributed by atoms with E-state index in [0.717, 1.165) is 17.8 Å². The van der Waals surface area contributed by atoms with Gasteiger partial charge in [0.05, 0.1) is 17.8 Å². The number of hydrogen-bond donors (Lipinski definition) is 0. The van der Waals surface area contributed by atoms with Gasteiger partial charge in [-0.15, -0.1) is 5.10 Å². The van der Waals surface area contributed by atoms with Crippen molar-refractivity contribution in [2.75, 3.05) is 26.2 Å². The van der Waals surface area contributed by atoms with Gasteiger partial charge in [0.15, 0.2) is 11.6 Å². The van der Waals surface area contributed by atoms with Crippen LogP contribution in [0.4, 0.5) is 0 Å². The summed E-state index contributed by atoms with van der Waals surface area (Å²) in [6.07, 6.45) is 2.40. The number of rotatable bonds is 6. The number of hydrogen-bond acceptors (Lipinski definition) is 6. The zero-order valence-corrected chi connectivity index (χ0v) is 18.8. The molecule has 0 bridgehead atoms. The molecule has 1 atom stereocenters. The number of benzene rings is 1. The van der Waals surface area contributed by atoms with Crippen molar-refractivity contribution in [1.82, 2.24) is 30.0 Å². The molecule has 0 spiro atoms. The monoisotopic (exact) mass is 442 g/mol. The predicted octanol–water partition coefficient (Wildman–Crippen LogP) is 3.61. The van der Waals surface area contributed by atoms with Crippen molar-refractivity contribution in [3.8, 4) is 0 Å². The molecule has 1 aliphatic heterocycles. The third kappa shape index (κ3) is 4.22. The maximum absolute atomic E-state index is 12.7. The molecular weight excluding hydrogens is 416 g/mol. The molecule has 3 aromatic rings. The third-order valence-electron chi connectivity index (χ3n) is 6.08. The zero-order valence-electron chi connectivity index (χ0n) is 18.0. The van der Waals surface area contributed by atoms with Crippen molar-refractivity contribution in [3.63, 3.8) is 0 Å². The minimum atomic E-state index is -0.241. The van der Waals surface area contributed by atoms with E-state index in [4.69, 9.17) is 16.0 Å². The highest BCUT2D eigenvalue weighted by Crippen LogP contribution is 2.35. The Morgan fingerprint density at radius 3 is 2.55 bits per heavy atom. The number of nitrogens with zero attached hydrogens (tertiary/aromatic N) is 6. The van der Waals surface area contributed by atoms with Crippen LogP contribution in [0.25, 0.3) is 0 Å². The number of halogens is 1. The van der Waals surface area contributed by atoms with Crippen LogP contribution in [-0.4, -0.2) is 62.1 Å². The fourth-order valence-corrected chi connectivity index (χ4v) is 4.12. The van der Waals surface area contributed by atoms with E-state index in [9.17, 15) is 4.79 Å². The molecule has 0 N–H and O–H groups in total. The van der Waals surface area contributed by atoms with Crippen LogP contribution in [-0.2, 0) is 5.54 Å². The molecule has 0 aliphatic carbocycles. The molecule has 3 heterocycles. The normalized spacial score (nSPS) is 16.5. The van der Waals surface area contributed by atoms with Crippen molar-refractivity contribution in [2.24, 2.45) is 0 Å². The van der Waals surface area contributed by atoms with Crippen molar-refractivity contribution in [3.05, 3.63) is 64.8 Å². The van der Waals surface area contributed by atoms with Crippen LogP contribution < -0.4 is 0 Å². The molecule has 8 nitrogen and oxygen atoms in total. The second-order valence-electron chi connectivity index (χ2n) is 8.34. The smallest absolute Gasteiger partial charge is 0.289 e. The first-order chi connectivity index (χ1) is 14.9. The maximum Gasteiger partial charge on any atom is 0.289 e. The molecule has 1 fully saturated rings. The first-order valence-corrected chi connectivity index (χ1v) is 10.9. The van der Waals surface area contributed by atoms with Crippen LogP contribution >= 0.6 is 11.6 Å². The molecule has 1 saturated heterocycles. The fourth-order valence-electron chi connectivity index (χ4n) is 3.88. The number of aromatic nitrogens is 4. The molecule has 0 radical (unpaired) electrons. The van der Waals surface area contributed by atoms with Gasteiger partial charge in [0.1, 0.15) is 0 Å². The average Bonchev–Trinajstić information content (AvgIpc) is 3.48. The minimum Gasteiger partial charge on any atom is -0.459 e. The summed E-state index contributed by atoms with van der Waals surface area (Å²) in [5.41, 5.74) is 0.716. The van der Waals surface area contributed by atoms with E-state index in [2.05, 4.69) is 41.2 Å². The summed E-state index contributed by atoms with van der Waals surface area (Å²) in [4.78, 5) is 16.8. The van der Waals surface area contributed by atoms with Crippen LogP contribution in [0.3, 0.4) is 0 Å². The van der Waals surface area contributed by atoms with E-state index in [0.29, 0.717) is 37.0 Å². The van der Waals surface area contributed by atoms with Gasteiger partial charge in [-0.1, -0.05) is 36.7 Å². The zero-order chi connectivity index (χ0) is 22.0. The van der Waals surface area contributed by atoms with Crippen molar-refractivity contribution >= 4 is 17.5 Å². The molecule has 4 rings (SSSR count). The fraction of sp³-hybridized carbons (Fsp3) is 0.455. The summed E-state index contributed by atoms with van der Waals surface area (Å²) >= 11 is 6.62. The molecule has 31 heavy (non-hydrogen) atoms. The number of piperazine rings is 1. The van der Waals surface area contributed by atoms with Crippen LogP contribution in [0.5, 0.6) is 0 Å². The van der Waals surface area contributed by atoms with E-state index in [1.165, 1.54) is 6.26 Å². The lowest BCUT2D eigenvalue weighted by atomic mass is 9.99. The predicted molar refractivity (Wildman–Crippen MR) is 117 cm³/mol. The summed E-state index contributed by atoms with van der Waals surface area (Å²) in [6.45, 7) is 8.86. The maximum atomic E-state index is 12.7. The topological polar surface area (TPSA) is 80.3 Å². The molecule has 1 amide bonds. The third-order valence-corrected chi connectivity index (χ3v) is 6.42. The number of tetrazole rings is 1. The van der Waals surface area contributed by atoms with Gasteiger partial charge in [0.2, 0.25) is 0 Å². The van der Waals surface area contributed by atoms with Crippen molar-refractivity contribution < 1.29 is 9.21 Å². The highest BCUT2D eigenvalue weighted by Gasteiger charge is 2.36. The molecule has 2 aromatic heterocycles. The van der Waals surface area contributed by atoms with Crippen molar-refractivity contribution in [2.45, 2.75) is 38.8 Å². The van der Waals surface area contributed by atoms with E-state index in [1.807, 2.05) is 33.8 Å². The van der Waals surface area contributed by atoms with Crippen LogP contribution in [0, 0.1) is 0 Å². The second kappa shape index (κ2) is 8.80. The van der Waals surface area contributed by atoms with E-state index in [1.54, 1.807) is 12.1 Å². The molecular formula is C22H27ClN6O2. The molecule has 1 aromatic carbocycles. The first kappa shape index (κ1) is 21.5. The number of carbonyl (C=O) groups excluding carboxylic acids is 1. The first-order valence-electron chi connectivity index (χ1n) is 10.5. The highest BCUT2D eigenvalue weighted by molar-refractivity contribution is 6.31. The number of amides is 1. The standard InChI is InChI=1S/C22H27ClN6O2/c1-4-22(2,3)29-20(24-25-26-29)19(16-8-5-6-9-17(16)23)27-11-13-28(14-12-27)21(30)18-10-7-15-31-18/h5-10,15,19H,4,11-14H2,1-3H3/t19-/m1/s1. The Kier molecular flexibility index (Phi) is 6.11. The lowest BCUT2D eigenvalue weighted by Gasteiger charge is -2.39. The SMILES string of the molecule is CCC(C)(C)n1nnnc1[C@@H](c1ccccc1Cl)N1CCN(C(=O)c2ccco2)CC1. The largest absolute Gasteiger partial charge is 0.459 e. The lowest BCUT2D eigenvalue weighted by molar-refractivity contribution is 0.0555. The van der Waals surface area contributed by atoms with Gasteiger partial charge in [0.25, 0.3) is 5.91 Å². The Labute approximate surface area is 186 Å². The Morgan fingerprint density at radius 2 is 1.90 bits per heavy atom. The second-order valence-corrected chi connectivity index (χ2v) is 8.75. The quantitative estimate of drug-likeness (QED) is 0.580. The summed E-state index contributed by atoms with van der Waals surface area (Å²) in [5.74, 6) is 1.03.